The molecule has 0 aliphatic carbocycles. The minimum absolute atomic E-state index is 0.757. The average Bonchev–Trinajstić information content (AvgIpc) is 2.99. The van der Waals surface area contributed by atoms with Gasteiger partial charge in [-0.3, -0.25) is 0 Å². The molecule has 0 aliphatic heterocycles. The van der Waals surface area contributed by atoms with Crippen LogP contribution in [0.3, 0.4) is 0 Å². The number of aryl methyl sites for hydroxylation is 1. The Morgan fingerprint density at radius 1 is 0.905 bits per heavy atom. The number of hydrogen-bond donors (Lipinski definition) is 0. The molecule has 3 aromatic rings. The van der Waals surface area contributed by atoms with E-state index in [1.807, 2.05) is 54.6 Å². The number of hydrogen-bond acceptors (Lipinski definition) is 2. The van der Waals surface area contributed by atoms with E-state index in [1.54, 1.807) is 0 Å². The molecule has 0 radical (unpaired) electrons. The van der Waals surface area contributed by atoms with Crippen molar-refractivity contribution in [2.24, 2.45) is 0 Å². The number of rotatable bonds is 5. The third-order valence-corrected chi connectivity index (χ3v) is 3.32. The highest BCUT2D eigenvalue weighted by molar-refractivity contribution is 5.76. The van der Waals surface area contributed by atoms with Crippen LogP contribution in [0.15, 0.2) is 77.7 Å². The lowest BCUT2D eigenvalue weighted by atomic mass is 10.1. The van der Waals surface area contributed by atoms with Gasteiger partial charge in [-0.15, -0.1) is 6.58 Å². The van der Waals surface area contributed by atoms with Crippen molar-refractivity contribution in [2.75, 3.05) is 0 Å². The number of oxazole rings is 1. The van der Waals surface area contributed by atoms with Gasteiger partial charge in [-0.05, 0) is 6.42 Å². The molecule has 0 spiro atoms. The summed E-state index contributed by atoms with van der Waals surface area (Å²) in [5.41, 5.74) is 3.03. The van der Waals surface area contributed by atoms with Crippen LogP contribution in [0, 0.1) is 0 Å². The summed E-state index contributed by atoms with van der Waals surface area (Å²) in [7, 11) is 0. The first-order valence-electron chi connectivity index (χ1n) is 7.10. The lowest BCUT2D eigenvalue weighted by Gasteiger charge is -2.00. The third-order valence-electron chi connectivity index (χ3n) is 3.32. The summed E-state index contributed by atoms with van der Waals surface area (Å²) in [6.07, 6.45) is 3.52. The van der Waals surface area contributed by atoms with Crippen molar-refractivity contribution in [3.63, 3.8) is 0 Å². The number of allylic oxidation sites excluding steroid dienone is 1. The van der Waals surface area contributed by atoms with Gasteiger partial charge in [-0.25, -0.2) is 4.98 Å². The molecular weight excluding hydrogens is 258 g/mol. The van der Waals surface area contributed by atoms with Crippen LogP contribution in [-0.4, -0.2) is 4.98 Å². The van der Waals surface area contributed by atoms with E-state index in [0.29, 0.717) is 0 Å². The van der Waals surface area contributed by atoms with Crippen LogP contribution in [0.4, 0.5) is 0 Å². The molecule has 0 atom stereocenters. The molecule has 2 heteroatoms. The molecule has 0 unspecified atom stereocenters. The van der Waals surface area contributed by atoms with Crippen LogP contribution in [0.1, 0.15) is 12.3 Å². The van der Waals surface area contributed by atoms with Gasteiger partial charge in [-0.1, -0.05) is 66.7 Å². The average molecular weight is 275 g/mol. The Balaban J connectivity index is 2.08. The monoisotopic (exact) mass is 275 g/mol. The molecule has 1 heterocycles. The van der Waals surface area contributed by atoms with Crippen molar-refractivity contribution < 1.29 is 4.42 Å². The van der Waals surface area contributed by atoms with E-state index < -0.39 is 0 Å². The second-order valence-corrected chi connectivity index (χ2v) is 4.84. The normalized spacial score (nSPS) is 10.5. The van der Waals surface area contributed by atoms with Gasteiger partial charge < -0.3 is 4.42 Å². The van der Waals surface area contributed by atoms with E-state index in [-0.39, 0.29) is 0 Å². The molecule has 0 fully saturated rings. The molecule has 0 saturated heterocycles. The van der Waals surface area contributed by atoms with E-state index in [1.165, 1.54) is 0 Å². The Bertz CT molecular complexity index is 657. The SMILES string of the molecule is C=CCCc1nc(-c2ccccc2)c(-c2ccccc2)o1. The van der Waals surface area contributed by atoms with Gasteiger partial charge in [0.1, 0.15) is 5.69 Å². The quantitative estimate of drug-likeness (QED) is 0.603. The van der Waals surface area contributed by atoms with Gasteiger partial charge in [0.15, 0.2) is 11.7 Å². The molecule has 1 aromatic heterocycles. The molecule has 0 saturated carbocycles. The minimum atomic E-state index is 0.757. The van der Waals surface area contributed by atoms with Crippen LogP contribution in [-0.2, 0) is 6.42 Å². The maximum atomic E-state index is 6.00. The van der Waals surface area contributed by atoms with Crippen LogP contribution >= 0.6 is 0 Å². The molecule has 0 N–H and O–H groups in total. The van der Waals surface area contributed by atoms with Crippen molar-refractivity contribution in [3.8, 4) is 22.6 Å². The van der Waals surface area contributed by atoms with Crippen LogP contribution in [0.2, 0.25) is 0 Å². The third kappa shape index (κ3) is 2.95. The van der Waals surface area contributed by atoms with E-state index >= 15 is 0 Å². The minimum Gasteiger partial charge on any atom is -0.440 e. The van der Waals surface area contributed by atoms with Crippen LogP contribution in [0.25, 0.3) is 22.6 Å². The standard InChI is InChI=1S/C19H17NO/c1-2-3-14-17-20-18(15-10-6-4-7-11-15)19(21-17)16-12-8-5-9-13-16/h2,4-13H,1,3,14H2. The fraction of sp³-hybridized carbons (Fsp3) is 0.105. The van der Waals surface area contributed by atoms with Gasteiger partial charge in [0.25, 0.3) is 0 Å². The molecule has 21 heavy (non-hydrogen) atoms. The summed E-state index contributed by atoms with van der Waals surface area (Å²) in [6, 6.07) is 20.3. The second-order valence-electron chi connectivity index (χ2n) is 4.84. The highest BCUT2D eigenvalue weighted by atomic mass is 16.4. The highest BCUT2D eigenvalue weighted by Gasteiger charge is 2.16. The molecule has 2 aromatic carbocycles. The van der Waals surface area contributed by atoms with Gasteiger partial charge in [0, 0.05) is 17.5 Å². The number of nitrogens with zero attached hydrogens (tertiary/aromatic N) is 1. The Morgan fingerprint density at radius 3 is 2.14 bits per heavy atom. The summed E-state index contributed by atoms with van der Waals surface area (Å²) in [5.74, 6) is 1.59. The molecule has 0 aliphatic rings. The molecule has 2 nitrogen and oxygen atoms in total. The van der Waals surface area contributed by atoms with E-state index in [4.69, 9.17) is 4.42 Å². The maximum absolute atomic E-state index is 6.00. The molecule has 0 bridgehead atoms. The number of benzene rings is 2. The fourth-order valence-electron chi connectivity index (χ4n) is 2.27. The lowest BCUT2D eigenvalue weighted by molar-refractivity contribution is 0.507. The molecular formula is C19H17NO. The summed E-state index contributed by atoms with van der Waals surface area (Å²) in [6.45, 7) is 3.75. The Kier molecular flexibility index (Phi) is 3.97. The zero-order valence-electron chi connectivity index (χ0n) is 11.8. The Labute approximate surface area is 124 Å². The predicted octanol–water partition coefficient (Wildman–Crippen LogP) is 5.13. The van der Waals surface area contributed by atoms with Crippen LogP contribution in [0.5, 0.6) is 0 Å². The van der Waals surface area contributed by atoms with Gasteiger partial charge in [0.05, 0.1) is 0 Å². The topological polar surface area (TPSA) is 26.0 Å². The molecule has 0 amide bonds. The summed E-state index contributed by atoms with van der Waals surface area (Å²) in [5, 5.41) is 0. The van der Waals surface area contributed by atoms with Crippen LogP contribution < -0.4 is 0 Å². The highest BCUT2D eigenvalue weighted by Crippen LogP contribution is 2.32. The summed E-state index contributed by atoms with van der Waals surface area (Å²) < 4.78 is 6.00. The van der Waals surface area contributed by atoms with Crippen molar-refractivity contribution in [3.05, 3.63) is 79.2 Å². The van der Waals surface area contributed by atoms with Crippen molar-refractivity contribution in [2.45, 2.75) is 12.8 Å². The first kappa shape index (κ1) is 13.4. The van der Waals surface area contributed by atoms with Gasteiger partial charge in [0.2, 0.25) is 0 Å². The zero-order chi connectivity index (χ0) is 14.5. The summed E-state index contributed by atoms with van der Waals surface area (Å²) >= 11 is 0. The first-order chi connectivity index (χ1) is 10.4. The van der Waals surface area contributed by atoms with E-state index in [2.05, 4.69) is 23.7 Å². The molecule has 104 valence electrons. The molecule has 3 rings (SSSR count). The largest absolute Gasteiger partial charge is 0.440 e. The first-order valence-corrected chi connectivity index (χ1v) is 7.10. The van der Waals surface area contributed by atoms with Gasteiger partial charge >= 0.3 is 0 Å². The van der Waals surface area contributed by atoms with E-state index in [0.717, 1.165) is 41.3 Å². The predicted molar refractivity (Wildman–Crippen MR) is 85.9 cm³/mol. The second kappa shape index (κ2) is 6.23. The Hall–Kier alpha value is -2.61. The maximum Gasteiger partial charge on any atom is 0.195 e. The van der Waals surface area contributed by atoms with E-state index in [9.17, 15) is 0 Å². The van der Waals surface area contributed by atoms with Crippen molar-refractivity contribution in [1.82, 2.24) is 4.98 Å². The zero-order valence-corrected chi connectivity index (χ0v) is 11.8. The Morgan fingerprint density at radius 2 is 1.52 bits per heavy atom. The van der Waals surface area contributed by atoms with Crippen molar-refractivity contribution in [1.29, 1.82) is 0 Å². The van der Waals surface area contributed by atoms with Gasteiger partial charge in [-0.2, -0.15) is 0 Å². The van der Waals surface area contributed by atoms with Crippen molar-refractivity contribution >= 4 is 0 Å². The smallest absolute Gasteiger partial charge is 0.195 e. The lowest BCUT2D eigenvalue weighted by Crippen LogP contribution is -1.84. The fourth-order valence-corrected chi connectivity index (χ4v) is 2.27. The summed E-state index contributed by atoms with van der Waals surface area (Å²) in [4.78, 5) is 4.68. The number of aromatic nitrogens is 1.